The molecule has 0 spiro atoms. The van der Waals surface area contributed by atoms with Gasteiger partial charge < -0.3 is 4.57 Å². The summed E-state index contributed by atoms with van der Waals surface area (Å²) in [6, 6.07) is 37.2. The zero-order valence-electron chi connectivity index (χ0n) is 14.8. The van der Waals surface area contributed by atoms with Gasteiger partial charge in [-0.25, -0.2) is 0 Å². The van der Waals surface area contributed by atoms with E-state index in [9.17, 15) is 0 Å². The van der Waals surface area contributed by atoms with E-state index in [0.717, 1.165) is 0 Å². The molecule has 27 heavy (non-hydrogen) atoms. The quantitative estimate of drug-likeness (QED) is 0.281. The Morgan fingerprint density at radius 3 is 1.67 bits per heavy atom. The van der Waals surface area contributed by atoms with Crippen LogP contribution in [0.5, 0.6) is 0 Å². The first-order valence-corrected chi connectivity index (χ1v) is 9.30. The SMILES string of the molecule is c1ccc2cc3c(-n4c5ccccc5c5ccccc54)cccc3cc2c1. The molecule has 0 atom stereocenters. The second-order valence-electron chi connectivity index (χ2n) is 7.07. The molecule has 0 unspecified atom stereocenters. The fourth-order valence-corrected chi connectivity index (χ4v) is 4.33. The highest BCUT2D eigenvalue weighted by molar-refractivity contribution is 6.11. The van der Waals surface area contributed by atoms with E-state index in [1.165, 1.54) is 49.0 Å². The largest absolute Gasteiger partial charge is 0.309 e. The van der Waals surface area contributed by atoms with Crippen LogP contribution in [-0.2, 0) is 0 Å². The topological polar surface area (TPSA) is 4.93 Å². The first-order chi connectivity index (χ1) is 13.4. The third-order valence-electron chi connectivity index (χ3n) is 5.54. The Morgan fingerprint density at radius 1 is 0.407 bits per heavy atom. The van der Waals surface area contributed by atoms with Crippen LogP contribution in [0, 0.1) is 0 Å². The van der Waals surface area contributed by atoms with Crippen molar-refractivity contribution in [2.45, 2.75) is 0 Å². The molecule has 5 aromatic carbocycles. The summed E-state index contributed by atoms with van der Waals surface area (Å²) in [7, 11) is 0. The van der Waals surface area contributed by atoms with Crippen LogP contribution in [0.4, 0.5) is 0 Å². The lowest BCUT2D eigenvalue weighted by Crippen LogP contribution is -1.95. The molecule has 6 rings (SSSR count). The van der Waals surface area contributed by atoms with Crippen molar-refractivity contribution < 1.29 is 0 Å². The molecule has 6 aromatic rings. The molecule has 0 amide bonds. The molecule has 0 N–H and O–H groups in total. The third-order valence-corrected chi connectivity index (χ3v) is 5.54. The fourth-order valence-electron chi connectivity index (χ4n) is 4.33. The van der Waals surface area contributed by atoms with Gasteiger partial charge in [0.15, 0.2) is 0 Å². The Balaban J connectivity index is 1.81. The van der Waals surface area contributed by atoms with Crippen LogP contribution in [0.1, 0.15) is 0 Å². The van der Waals surface area contributed by atoms with Crippen LogP contribution < -0.4 is 0 Å². The lowest BCUT2D eigenvalue weighted by atomic mass is 10.0. The second-order valence-corrected chi connectivity index (χ2v) is 7.07. The van der Waals surface area contributed by atoms with E-state index in [-0.39, 0.29) is 0 Å². The van der Waals surface area contributed by atoms with Crippen molar-refractivity contribution in [2.24, 2.45) is 0 Å². The molecule has 126 valence electrons. The molecule has 0 radical (unpaired) electrons. The molecule has 1 heterocycles. The van der Waals surface area contributed by atoms with Gasteiger partial charge in [0.2, 0.25) is 0 Å². The van der Waals surface area contributed by atoms with Gasteiger partial charge in [-0.05, 0) is 46.5 Å². The van der Waals surface area contributed by atoms with Crippen LogP contribution in [0.25, 0.3) is 49.0 Å². The van der Waals surface area contributed by atoms with E-state index in [2.05, 4.69) is 108 Å². The standard InChI is InChI=1S/C26H17N/c1-2-9-19-17-23-20(16-18(19)8-1)10-7-15-26(23)27-24-13-5-3-11-21(24)22-12-4-6-14-25(22)27/h1-17H. The number of aromatic nitrogens is 1. The monoisotopic (exact) mass is 343 g/mol. The lowest BCUT2D eigenvalue weighted by molar-refractivity contribution is 1.20. The first-order valence-electron chi connectivity index (χ1n) is 9.30. The van der Waals surface area contributed by atoms with Crippen molar-refractivity contribution in [3.05, 3.63) is 103 Å². The van der Waals surface area contributed by atoms with Gasteiger partial charge in [0.1, 0.15) is 0 Å². The highest BCUT2D eigenvalue weighted by Crippen LogP contribution is 2.35. The number of rotatable bonds is 1. The summed E-state index contributed by atoms with van der Waals surface area (Å²) < 4.78 is 2.40. The molecule has 0 aliphatic rings. The van der Waals surface area contributed by atoms with Gasteiger partial charge in [-0.3, -0.25) is 0 Å². The molecule has 0 aliphatic heterocycles. The maximum Gasteiger partial charge on any atom is 0.0541 e. The minimum atomic E-state index is 1.23. The molecule has 1 aromatic heterocycles. The summed E-state index contributed by atoms with van der Waals surface area (Å²) in [4.78, 5) is 0. The van der Waals surface area contributed by atoms with Crippen molar-refractivity contribution in [2.75, 3.05) is 0 Å². The Labute approximate surface area is 157 Å². The van der Waals surface area contributed by atoms with E-state index in [4.69, 9.17) is 0 Å². The van der Waals surface area contributed by atoms with Gasteiger partial charge in [-0.1, -0.05) is 72.8 Å². The normalized spacial score (nSPS) is 11.7. The van der Waals surface area contributed by atoms with Gasteiger partial charge >= 0.3 is 0 Å². The molecular formula is C26H17N. The van der Waals surface area contributed by atoms with Gasteiger partial charge in [-0.2, -0.15) is 0 Å². The van der Waals surface area contributed by atoms with E-state index in [1.807, 2.05) is 0 Å². The maximum absolute atomic E-state index is 2.40. The van der Waals surface area contributed by atoms with Crippen LogP contribution >= 0.6 is 0 Å². The smallest absolute Gasteiger partial charge is 0.0541 e. The summed E-state index contributed by atoms with van der Waals surface area (Å²) >= 11 is 0. The number of fused-ring (bicyclic) bond motifs is 5. The van der Waals surface area contributed by atoms with Crippen LogP contribution in [0.2, 0.25) is 0 Å². The Kier molecular flexibility index (Phi) is 2.95. The van der Waals surface area contributed by atoms with Crippen molar-refractivity contribution >= 4 is 43.4 Å². The Hall–Kier alpha value is -3.58. The number of hydrogen-bond acceptors (Lipinski definition) is 0. The van der Waals surface area contributed by atoms with Crippen molar-refractivity contribution in [3.63, 3.8) is 0 Å². The molecule has 0 saturated heterocycles. The number of para-hydroxylation sites is 2. The molecule has 0 fully saturated rings. The fraction of sp³-hybridized carbons (Fsp3) is 0. The van der Waals surface area contributed by atoms with Crippen molar-refractivity contribution in [3.8, 4) is 5.69 Å². The summed E-state index contributed by atoms with van der Waals surface area (Å²) in [5, 5.41) is 7.70. The maximum atomic E-state index is 2.40. The zero-order chi connectivity index (χ0) is 17.8. The van der Waals surface area contributed by atoms with Crippen molar-refractivity contribution in [1.82, 2.24) is 4.57 Å². The Morgan fingerprint density at radius 2 is 0.963 bits per heavy atom. The first kappa shape index (κ1) is 14.6. The zero-order valence-corrected chi connectivity index (χ0v) is 14.8. The average molecular weight is 343 g/mol. The molecule has 0 saturated carbocycles. The summed E-state index contributed by atoms with van der Waals surface area (Å²) in [5.41, 5.74) is 3.73. The van der Waals surface area contributed by atoms with Crippen LogP contribution in [0.15, 0.2) is 103 Å². The van der Waals surface area contributed by atoms with Crippen LogP contribution in [-0.4, -0.2) is 4.57 Å². The summed E-state index contributed by atoms with van der Waals surface area (Å²) in [5.74, 6) is 0. The molecule has 1 nitrogen and oxygen atoms in total. The highest BCUT2D eigenvalue weighted by Gasteiger charge is 2.13. The molecule has 0 bridgehead atoms. The highest BCUT2D eigenvalue weighted by atomic mass is 15.0. The van der Waals surface area contributed by atoms with Gasteiger partial charge in [-0.15, -0.1) is 0 Å². The minimum Gasteiger partial charge on any atom is -0.309 e. The molecular weight excluding hydrogens is 326 g/mol. The third kappa shape index (κ3) is 2.06. The average Bonchev–Trinajstić information content (AvgIpc) is 3.06. The van der Waals surface area contributed by atoms with E-state index >= 15 is 0 Å². The number of benzene rings is 5. The lowest BCUT2D eigenvalue weighted by Gasteiger charge is -2.12. The molecule has 0 aliphatic carbocycles. The summed E-state index contributed by atoms with van der Waals surface area (Å²) in [6.45, 7) is 0. The predicted octanol–water partition coefficient (Wildman–Crippen LogP) is 7.09. The van der Waals surface area contributed by atoms with E-state index in [0.29, 0.717) is 0 Å². The second kappa shape index (κ2) is 5.46. The number of nitrogens with zero attached hydrogens (tertiary/aromatic N) is 1. The Bertz CT molecular complexity index is 1420. The van der Waals surface area contributed by atoms with Crippen LogP contribution in [0.3, 0.4) is 0 Å². The summed E-state index contributed by atoms with van der Waals surface area (Å²) in [6.07, 6.45) is 0. The van der Waals surface area contributed by atoms with Gasteiger partial charge in [0, 0.05) is 16.2 Å². The molecule has 1 heteroatoms. The predicted molar refractivity (Wildman–Crippen MR) is 116 cm³/mol. The minimum absolute atomic E-state index is 1.23. The van der Waals surface area contributed by atoms with E-state index < -0.39 is 0 Å². The van der Waals surface area contributed by atoms with E-state index in [1.54, 1.807) is 0 Å². The number of hydrogen-bond donors (Lipinski definition) is 0. The van der Waals surface area contributed by atoms with Crippen molar-refractivity contribution in [1.29, 1.82) is 0 Å². The van der Waals surface area contributed by atoms with Gasteiger partial charge in [0.25, 0.3) is 0 Å². The van der Waals surface area contributed by atoms with Gasteiger partial charge in [0.05, 0.1) is 16.7 Å².